The quantitative estimate of drug-likeness (QED) is 0.699. The number of nitrogens with one attached hydrogen (secondary N) is 1. The summed E-state index contributed by atoms with van der Waals surface area (Å²) in [5, 5.41) is 7.49. The molecule has 0 spiro atoms. The maximum Gasteiger partial charge on any atom is 0.254 e. The van der Waals surface area contributed by atoms with Gasteiger partial charge in [0.25, 0.3) is 5.91 Å². The zero-order chi connectivity index (χ0) is 20.6. The number of rotatable bonds is 4. The van der Waals surface area contributed by atoms with Gasteiger partial charge in [0.05, 0.1) is 24.3 Å². The Morgan fingerprint density at radius 2 is 1.97 bits per heavy atom. The highest BCUT2D eigenvalue weighted by Gasteiger charge is 2.36. The van der Waals surface area contributed by atoms with E-state index in [1.165, 1.54) is 6.07 Å². The van der Waals surface area contributed by atoms with Gasteiger partial charge in [-0.25, -0.2) is 8.78 Å². The number of benzene rings is 2. The molecule has 0 aliphatic heterocycles. The summed E-state index contributed by atoms with van der Waals surface area (Å²) in [6.07, 6.45) is 3.34. The number of aromatic nitrogens is 2. The van der Waals surface area contributed by atoms with Gasteiger partial charge < -0.3 is 5.32 Å². The van der Waals surface area contributed by atoms with Gasteiger partial charge >= 0.3 is 0 Å². The fourth-order valence-electron chi connectivity index (χ4n) is 4.03. The summed E-state index contributed by atoms with van der Waals surface area (Å²) in [5.41, 5.74) is 2.97. The molecule has 3 aromatic rings. The van der Waals surface area contributed by atoms with Gasteiger partial charge in [-0.2, -0.15) is 5.10 Å². The molecule has 0 unspecified atom stereocenters. The first-order valence-electron chi connectivity index (χ1n) is 9.67. The molecule has 0 saturated heterocycles. The van der Waals surface area contributed by atoms with Crippen molar-refractivity contribution in [3.8, 4) is 0 Å². The smallest absolute Gasteiger partial charge is 0.254 e. The van der Waals surface area contributed by atoms with Crippen LogP contribution in [0.4, 0.5) is 8.78 Å². The van der Waals surface area contributed by atoms with Gasteiger partial charge in [0.1, 0.15) is 11.6 Å². The Kier molecular flexibility index (Phi) is 4.94. The number of nitrogens with zero attached hydrogens (tertiary/aromatic N) is 2. The van der Waals surface area contributed by atoms with Gasteiger partial charge in [-0.3, -0.25) is 9.48 Å². The summed E-state index contributed by atoms with van der Waals surface area (Å²) in [6, 6.07) is 12.8. The van der Waals surface area contributed by atoms with Gasteiger partial charge in [0.2, 0.25) is 0 Å². The first-order chi connectivity index (χ1) is 13.8. The highest BCUT2D eigenvalue weighted by Crippen LogP contribution is 2.41. The fraction of sp³-hybridized carbons (Fsp3) is 0.304. The van der Waals surface area contributed by atoms with Gasteiger partial charge in [0, 0.05) is 17.3 Å². The van der Waals surface area contributed by atoms with Gasteiger partial charge in [0.15, 0.2) is 0 Å². The molecular formula is C23H23F2N3O. The van der Waals surface area contributed by atoms with Crippen LogP contribution in [-0.4, -0.2) is 15.7 Å². The number of amides is 1. The van der Waals surface area contributed by atoms with Crippen LogP contribution in [0.5, 0.6) is 0 Å². The van der Waals surface area contributed by atoms with Crippen LogP contribution in [0.1, 0.15) is 53.5 Å². The van der Waals surface area contributed by atoms with Gasteiger partial charge in [-0.05, 0) is 36.0 Å². The Morgan fingerprint density at radius 1 is 1.21 bits per heavy atom. The second-order valence-electron chi connectivity index (χ2n) is 8.39. The van der Waals surface area contributed by atoms with E-state index in [4.69, 9.17) is 0 Å². The molecule has 0 fully saturated rings. The molecule has 1 aliphatic carbocycles. The normalized spacial score (nSPS) is 17.6. The van der Waals surface area contributed by atoms with Crippen LogP contribution in [0.15, 0.2) is 54.7 Å². The first-order valence-corrected chi connectivity index (χ1v) is 9.67. The van der Waals surface area contributed by atoms with Crippen molar-refractivity contribution >= 4 is 5.91 Å². The largest absolute Gasteiger partial charge is 0.345 e. The van der Waals surface area contributed by atoms with Crippen molar-refractivity contribution in [2.24, 2.45) is 5.41 Å². The number of carbonyl (C=O) groups is 1. The molecular weight excluding hydrogens is 372 g/mol. The van der Waals surface area contributed by atoms with Gasteiger partial charge in [-0.15, -0.1) is 0 Å². The van der Waals surface area contributed by atoms with E-state index in [9.17, 15) is 13.6 Å². The third-order valence-corrected chi connectivity index (χ3v) is 5.42. The van der Waals surface area contributed by atoms with Crippen LogP contribution >= 0.6 is 0 Å². The summed E-state index contributed by atoms with van der Waals surface area (Å²) in [5.74, 6) is -2.12. The van der Waals surface area contributed by atoms with Crippen LogP contribution in [0.2, 0.25) is 0 Å². The number of hydrogen-bond donors (Lipinski definition) is 1. The van der Waals surface area contributed by atoms with Crippen molar-refractivity contribution in [1.82, 2.24) is 15.1 Å². The van der Waals surface area contributed by atoms with E-state index in [1.54, 1.807) is 6.20 Å². The lowest BCUT2D eigenvalue weighted by Gasteiger charge is -2.36. The predicted octanol–water partition coefficient (Wildman–Crippen LogP) is 4.65. The Morgan fingerprint density at radius 3 is 2.69 bits per heavy atom. The first kappa shape index (κ1) is 19.3. The Bertz CT molecular complexity index is 1040. The summed E-state index contributed by atoms with van der Waals surface area (Å²) >= 11 is 0. The van der Waals surface area contributed by atoms with Crippen molar-refractivity contribution in [2.45, 2.75) is 39.3 Å². The number of carbonyl (C=O) groups excluding carboxylic acids is 1. The van der Waals surface area contributed by atoms with E-state index in [1.807, 2.05) is 22.9 Å². The molecule has 1 heterocycles. The van der Waals surface area contributed by atoms with Crippen LogP contribution in [0, 0.1) is 17.0 Å². The number of fused-ring (bicyclic) bond motifs is 1. The SMILES string of the molecule is CC1(C)Cc2c(cnn2Cc2ccccc2)[C@H](NC(=O)c2ccc(F)cc2F)C1. The summed E-state index contributed by atoms with van der Waals surface area (Å²) in [4.78, 5) is 12.7. The zero-order valence-electron chi connectivity index (χ0n) is 16.5. The maximum absolute atomic E-state index is 14.0. The minimum Gasteiger partial charge on any atom is -0.345 e. The molecule has 1 amide bonds. The topological polar surface area (TPSA) is 46.9 Å². The minimum absolute atomic E-state index is 0.0548. The second kappa shape index (κ2) is 7.43. The second-order valence-corrected chi connectivity index (χ2v) is 8.39. The molecule has 1 atom stereocenters. The lowest BCUT2D eigenvalue weighted by Crippen LogP contribution is -2.37. The summed E-state index contributed by atoms with van der Waals surface area (Å²) in [7, 11) is 0. The van der Waals surface area contributed by atoms with Crippen LogP contribution in [0.25, 0.3) is 0 Å². The molecule has 1 N–H and O–H groups in total. The van der Waals surface area contributed by atoms with E-state index >= 15 is 0 Å². The highest BCUT2D eigenvalue weighted by atomic mass is 19.1. The van der Waals surface area contributed by atoms with E-state index in [0.717, 1.165) is 35.4 Å². The van der Waals surface area contributed by atoms with E-state index < -0.39 is 17.5 Å². The van der Waals surface area contributed by atoms with Crippen molar-refractivity contribution in [3.63, 3.8) is 0 Å². The predicted molar refractivity (Wildman–Crippen MR) is 106 cm³/mol. The fourth-order valence-corrected chi connectivity index (χ4v) is 4.03. The van der Waals surface area contributed by atoms with Crippen molar-refractivity contribution in [1.29, 1.82) is 0 Å². The summed E-state index contributed by atoms with van der Waals surface area (Å²) in [6.45, 7) is 4.94. The lowest BCUT2D eigenvalue weighted by molar-refractivity contribution is 0.0915. The zero-order valence-corrected chi connectivity index (χ0v) is 16.5. The molecule has 29 heavy (non-hydrogen) atoms. The Labute approximate surface area is 168 Å². The molecule has 1 aliphatic rings. The molecule has 150 valence electrons. The van der Waals surface area contributed by atoms with Crippen LogP contribution in [-0.2, 0) is 13.0 Å². The third kappa shape index (κ3) is 4.06. The number of hydrogen-bond acceptors (Lipinski definition) is 2. The minimum atomic E-state index is -0.863. The van der Waals surface area contributed by atoms with E-state index in [2.05, 4.69) is 36.4 Å². The van der Waals surface area contributed by atoms with Gasteiger partial charge in [-0.1, -0.05) is 44.2 Å². The Balaban J connectivity index is 1.62. The van der Waals surface area contributed by atoms with Crippen LogP contribution < -0.4 is 5.32 Å². The standard InChI is InChI=1S/C23H23F2N3O/c1-23(2)11-20(27-22(29)17-9-8-16(24)10-19(17)25)18-13-26-28(21(18)12-23)14-15-6-4-3-5-7-15/h3-10,13,20H,11-12,14H2,1-2H3,(H,27,29)/t20-/m1/s1. The van der Waals surface area contributed by atoms with E-state index in [0.29, 0.717) is 13.0 Å². The van der Waals surface area contributed by atoms with Crippen molar-refractivity contribution < 1.29 is 13.6 Å². The van der Waals surface area contributed by atoms with E-state index in [-0.39, 0.29) is 17.0 Å². The lowest BCUT2D eigenvalue weighted by atomic mass is 9.74. The third-order valence-electron chi connectivity index (χ3n) is 5.42. The average Bonchev–Trinajstić information content (AvgIpc) is 3.04. The monoisotopic (exact) mass is 395 g/mol. The van der Waals surface area contributed by atoms with Crippen LogP contribution in [0.3, 0.4) is 0 Å². The Hall–Kier alpha value is -3.02. The molecule has 6 heteroatoms. The molecule has 0 saturated carbocycles. The average molecular weight is 395 g/mol. The molecule has 0 radical (unpaired) electrons. The highest BCUT2D eigenvalue weighted by molar-refractivity contribution is 5.94. The molecule has 4 nitrogen and oxygen atoms in total. The molecule has 1 aromatic heterocycles. The number of halogens is 2. The summed E-state index contributed by atoms with van der Waals surface area (Å²) < 4.78 is 29.2. The molecule has 2 aromatic carbocycles. The molecule has 4 rings (SSSR count). The maximum atomic E-state index is 14.0. The van der Waals surface area contributed by atoms with Crippen molar-refractivity contribution in [2.75, 3.05) is 0 Å². The van der Waals surface area contributed by atoms with Crippen molar-refractivity contribution in [3.05, 3.63) is 88.7 Å². The molecule has 0 bridgehead atoms.